The monoisotopic (exact) mass is 398 g/mol. The van der Waals surface area contributed by atoms with Crippen molar-refractivity contribution in [3.8, 4) is 0 Å². The average molecular weight is 398 g/mol. The fourth-order valence-corrected chi connectivity index (χ4v) is 4.50. The Hall–Kier alpha value is -3.13. The number of sulfone groups is 1. The lowest BCUT2D eigenvalue weighted by molar-refractivity contribution is 0.0942. The van der Waals surface area contributed by atoms with Gasteiger partial charge >= 0.3 is 0 Å². The fraction of sp³-hybridized carbons (Fsp3) is 0.200. The largest absolute Gasteiger partial charge is 0.383 e. The van der Waals surface area contributed by atoms with E-state index in [9.17, 15) is 13.2 Å². The van der Waals surface area contributed by atoms with Crippen LogP contribution in [-0.2, 0) is 23.4 Å². The van der Waals surface area contributed by atoms with Crippen LogP contribution in [0.15, 0.2) is 58.5 Å². The third-order valence-electron chi connectivity index (χ3n) is 4.86. The van der Waals surface area contributed by atoms with Crippen LogP contribution in [0.2, 0.25) is 0 Å². The lowest BCUT2D eigenvalue weighted by Gasteiger charge is -2.10. The maximum Gasteiger partial charge on any atom is 0.268 e. The van der Waals surface area contributed by atoms with E-state index in [4.69, 9.17) is 5.73 Å². The van der Waals surface area contributed by atoms with Crippen LogP contribution in [0, 0.1) is 13.8 Å². The van der Waals surface area contributed by atoms with Gasteiger partial charge in [0, 0.05) is 25.5 Å². The summed E-state index contributed by atoms with van der Waals surface area (Å²) in [6.45, 7) is 3.78. The molecular weight excluding hydrogens is 376 g/mol. The Labute approximate surface area is 164 Å². The van der Waals surface area contributed by atoms with Gasteiger partial charge in [-0.25, -0.2) is 13.4 Å². The topological polar surface area (TPSA) is 107 Å². The van der Waals surface area contributed by atoms with Gasteiger partial charge in [-0.3, -0.25) is 4.79 Å². The zero-order valence-corrected chi connectivity index (χ0v) is 16.7. The summed E-state index contributed by atoms with van der Waals surface area (Å²) in [5, 5.41) is 2.82. The van der Waals surface area contributed by atoms with E-state index < -0.39 is 9.84 Å². The molecule has 2 heterocycles. The summed E-state index contributed by atoms with van der Waals surface area (Å²) < 4.78 is 27.5. The van der Waals surface area contributed by atoms with Crippen LogP contribution >= 0.6 is 0 Å². The molecule has 3 N–H and O–H groups in total. The van der Waals surface area contributed by atoms with Crippen molar-refractivity contribution in [3.05, 3.63) is 71.2 Å². The molecule has 0 fully saturated rings. The molecule has 28 heavy (non-hydrogen) atoms. The van der Waals surface area contributed by atoms with Crippen LogP contribution < -0.4 is 11.1 Å². The standard InChI is InChI=1S/C20H22N4O3S/c1-13-15(9-10-22-19(13)21)12-23-20(25)17-11-18(14(2)24(17)3)28(26,27)16-7-5-4-6-8-16/h4-11H,12H2,1-3H3,(H2,21,22)(H,23,25). The molecule has 1 aromatic carbocycles. The molecule has 0 bridgehead atoms. The smallest absolute Gasteiger partial charge is 0.268 e. The number of benzene rings is 1. The predicted octanol–water partition coefficient (Wildman–Crippen LogP) is 2.38. The second kappa shape index (κ2) is 7.47. The third kappa shape index (κ3) is 3.50. The average Bonchev–Trinajstić information content (AvgIpc) is 2.99. The minimum atomic E-state index is -3.71. The van der Waals surface area contributed by atoms with Gasteiger partial charge in [-0.05, 0) is 49.2 Å². The number of pyridine rings is 1. The number of carbonyl (C=O) groups is 1. The summed E-state index contributed by atoms with van der Waals surface area (Å²) in [6.07, 6.45) is 1.58. The van der Waals surface area contributed by atoms with Crippen LogP contribution in [0.4, 0.5) is 5.82 Å². The fourth-order valence-electron chi connectivity index (χ4n) is 2.94. The van der Waals surface area contributed by atoms with Crippen molar-refractivity contribution in [1.82, 2.24) is 14.9 Å². The predicted molar refractivity (Wildman–Crippen MR) is 107 cm³/mol. The molecule has 7 nitrogen and oxygen atoms in total. The van der Waals surface area contributed by atoms with Crippen LogP contribution in [-0.4, -0.2) is 23.9 Å². The van der Waals surface area contributed by atoms with E-state index in [2.05, 4.69) is 10.3 Å². The van der Waals surface area contributed by atoms with Crippen molar-refractivity contribution >= 4 is 21.6 Å². The molecule has 0 atom stereocenters. The van der Waals surface area contributed by atoms with Crippen molar-refractivity contribution in [2.45, 2.75) is 30.2 Å². The van der Waals surface area contributed by atoms with E-state index in [-0.39, 0.29) is 27.9 Å². The van der Waals surface area contributed by atoms with Gasteiger partial charge < -0.3 is 15.6 Å². The van der Waals surface area contributed by atoms with E-state index in [1.165, 1.54) is 18.2 Å². The molecule has 8 heteroatoms. The molecule has 0 aliphatic rings. The summed E-state index contributed by atoms with van der Waals surface area (Å²) in [5.41, 5.74) is 8.22. The molecule has 0 saturated heterocycles. The van der Waals surface area contributed by atoms with Gasteiger partial charge in [0.05, 0.1) is 9.79 Å². The Balaban J connectivity index is 1.89. The number of nitrogen functional groups attached to an aromatic ring is 1. The molecule has 3 rings (SSSR count). The van der Waals surface area contributed by atoms with Crippen molar-refractivity contribution in [1.29, 1.82) is 0 Å². The minimum Gasteiger partial charge on any atom is -0.383 e. The van der Waals surface area contributed by atoms with Crippen molar-refractivity contribution in [2.75, 3.05) is 5.73 Å². The quantitative estimate of drug-likeness (QED) is 0.686. The van der Waals surface area contributed by atoms with Gasteiger partial charge in [0.1, 0.15) is 11.5 Å². The van der Waals surface area contributed by atoms with Crippen molar-refractivity contribution in [3.63, 3.8) is 0 Å². The second-order valence-electron chi connectivity index (χ2n) is 6.52. The molecule has 0 unspecified atom stereocenters. The van der Waals surface area contributed by atoms with Crippen LogP contribution in [0.1, 0.15) is 27.3 Å². The highest BCUT2D eigenvalue weighted by molar-refractivity contribution is 7.91. The number of nitrogens with one attached hydrogen (secondary N) is 1. The molecule has 1 amide bonds. The summed E-state index contributed by atoms with van der Waals surface area (Å²) in [4.78, 5) is 17.0. The van der Waals surface area contributed by atoms with Gasteiger partial charge in [0.25, 0.3) is 5.91 Å². The molecule has 0 aliphatic carbocycles. The normalized spacial score (nSPS) is 11.4. The lowest BCUT2D eigenvalue weighted by Crippen LogP contribution is -2.25. The molecular formula is C20H22N4O3S. The van der Waals surface area contributed by atoms with Crippen LogP contribution in [0.3, 0.4) is 0 Å². The number of carbonyl (C=O) groups excluding carboxylic acids is 1. The zero-order chi connectivity index (χ0) is 20.5. The Kier molecular flexibility index (Phi) is 5.24. The van der Waals surface area contributed by atoms with Crippen molar-refractivity contribution < 1.29 is 13.2 Å². The number of nitrogens with two attached hydrogens (primary N) is 1. The summed E-state index contributed by atoms with van der Waals surface area (Å²) in [7, 11) is -2.04. The molecule has 3 aromatic rings. The number of nitrogens with zero attached hydrogens (tertiary/aromatic N) is 2. The minimum absolute atomic E-state index is 0.121. The van der Waals surface area contributed by atoms with Crippen molar-refractivity contribution in [2.24, 2.45) is 7.05 Å². The van der Waals surface area contributed by atoms with Gasteiger partial charge in [0.15, 0.2) is 0 Å². The van der Waals surface area contributed by atoms with E-state index in [1.54, 1.807) is 49.0 Å². The van der Waals surface area contributed by atoms with Crippen LogP contribution in [0.25, 0.3) is 0 Å². The Morgan fingerprint density at radius 1 is 1.18 bits per heavy atom. The van der Waals surface area contributed by atoms with Gasteiger partial charge in [-0.2, -0.15) is 0 Å². The van der Waals surface area contributed by atoms with E-state index in [0.717, 1.165) is 11.1 Å². The number of amides is 1. The number of rotatable bonds is 5. The maximum absolute atomic E-state index is 12.9. The first-order valence-electron chi connectivity index (χ1n) is 8.68. The van der Waals surface area contributed by atoms with Gasteiger partial charge in [0.2, 0.25) is 9.84 Å². The van der Waals surface area contributed by atoms with E-state index in [0.29, 0.717) is 11.5 Å². The first kappa shape index (κ1) is 19.6. The molecule has 2 aromatic heterocycles. The Bertz CT molecular complexity index is 1140. The Morgan fingerprint density at radius 2 is 1.86 bits per heavy atom. The Morgan fingerprint density at radius 3 is 2.54 bits per heavy atom. The molecule has 0 aliphatic heterocycles. The first-order valence-corrected chi connectivity index (χ1v) is 10.2. The summed E-state index contributed by atoms with van der Waals surface area (Å²) in [5.74, 6) is 0.0487. The summed E-state index contributed by atoms with van der Waals surface area (Å²) >= 11 is 0. The first-order chi connectivity index (χ1) is 13.2. The van der Waals surface area contributed by atoms with E-state index in [1.807, 2.05) is 6.92 Å². The zero-order valence-electron chi connectivity index (χ0n) is 15.9. The van der Waals surface area contributed by atoms with E-state index >= 15 is 0 Å². The lowest BCUT2D eigenvalue weighted by atomic mass is 10.1. The summed E-state index contributed by atoms with van der Waals surface area (Å²) in [6, 6.07) is 11.4. The number of aromatic nitrogens is 2. The number of hydrogen-bond acceptors (Lipinski definition) is 5. The number of anilines is 1. The highest BCUT2D eigenvalue weighted by Gasteiger charge is 2.25. The van der Waals surface area contributed by atoms with Gasteiger partial charge in [-0.1, -0.05) is 18.2 Å². The highest BCUT2D eigenvalue weighted by atomic mass is 32.2. The number of hydrogen-bond donors (Lipinski definition) is 2. The molecule has 0 spiro atoms. The SMILES string of the molecule is Cc1c(CNC(=O)c2cc(S(=O)(=O)c3ccccc3)c(C)n2C)ccnc1N. The molecule has 0 radical (unpaired) electrons. The second-order valence-corrected chi connectivity index (χ2v) is 8.44. The third-order valence-corrected chi connectivity index (χ3v) is 6.74. The highest BCUT2D eigenvalue weighted by Crippen LogP contribution is 2.26. The van der Waals surface area contributed by atoms with Crippen LogP contribution in [0.5, 0.6) is 0 Å². The molecule has 146 valence electrons. The molecule has 0 saturated carbocycles. The maximum atomic E-state index is 12.9. The van der Waals surface area contributed by atoms with Gasteiger partial charge in [-0.15, -0.1) is 0 Å².